The number of carboxylic acid groups (broad SMARTS) is 2. The summed E-state index contributed by atoms with van der Waals surface area (Å²) in [5.74, 6) is -1.99. The normalized spacial score (nSPS) is 10.6. The maximum absolute atomic E-state index is 10.0. The number of allylic oxidation sites excluding steroid dienone is 2. The summed E-state index contributed by atoms with van der Waals surface area (Å²) in [4.78, 5) is 20.1. The van der Waals surface area contributed by atoms with E-state index >= 15 is 0 Å². The molecule has 29 heavy (non-hydrogen) atoms. The molecule has 5 heteroatoms. The van der Waals surface area contributed by atoms with E-state index in [0.29, 0.717) is 0 Å². The van der Waals surface area contributed by atoms with E-state index in [1.54, 1.807) is 12.2 Å². The summed E-state index contributed by atoms with van der Waals surface area (Å²) < 4.78 is 0. The second-order valence-electron chi connectivity index (χ2n) is 7.21. The molecule has 0 spiro atoms. The van der Waals surface area contributed by atoms with Crippen molar-refractivity contribution in [2.24, 2.45) is 0 Å². The summed E-state index contributed by atoms with van der Waals surface area (Å²) >= 11 is 0. The van der Waals surface area contributed by atoms with Crippen LogP contribution < -0.4 is 10.2 Å². The van der Waals surface area contributed by atoms with Crippen molar-refractivity contribution in [2.75, 3.05) is 0 Å². The number of unbranched alkanes of at least 4 members (excludes halogenated alkanes) is 12. The molecular weight excluding hydrogens is 418 g/mol. The van der Waals surface area contributed by atoms with Gasteiger partial charge in [0.2, 0.25) is 0 Å². The number of hydrogen-bond donors (Lipinski definition) is 0. The van der Waals surface area contributed by atoms with Gasteiger partial charge in [0, 0.05) is 24.8 Å². The summed E-state index contributed by atoms with van der Waals surface area (Å²) in [6.07, 6.45) is 24.7. The molecule has 0 heterocycles. The van der Waals surface area contributed by atoms with E-state index in [-0.39, 0.29) is 32.3 Å². The van der Waals surface area contributed by atoms with E-state index in [2.05, 4.69) is 13.8 Å². The Labute approximate surface area is 192 Å². The standard InChI is InChI=1S/2C12H22O2.Zn/c2*1-2-3-4-5-6-7-8-9-10-11-12(13)14;/h2*9-10H,2-8,11H2,1H3,(H,13,14);/q;;+2/p-2. The number of rotatable bonds is 18. The third-order valence-electron chi connectivity index (χ3n) is 4.35. The Bertz CT molecular complexity index is 368. The van der Waals surface area contributed by atoms with Gasteiger partial charge in [-0.3, -0.25) is 0 Å². The van der Waals surface area contributed by atoms with Gasteiger partial charge in [0.1, 0.15) is 0 Å². The number of carbonyl (C=O) groups is 2. The first kappa shape index (κ1) is 32.7. The van der Waals surface area contributed by atoms with E-state index in [4.69, 9.17) is 0 Å². The maximum Gasteiger partial charge on any atom is 2.00 e. The van der Waals surface area contributed by atoms with E-state index < -0.39 is 11.9 Å². The number of carboxylic acids is 2. The van der Waals surface area contributed by atoms with Crippen LogP contribution >= 0.6 is 0 Å². The van der Waals surface area contributed by atoms with Crippen molar-refractivity contribution >= 4 is 11.9 Å². The second kappa shape index (κ2) is 29.2. The van der Waals surface area contributed by atoms with Crippen LogP contribution in [0.1, 0.15) is 117 Å². The van der Waals surface area contributed by atoms with Crippen molar-refractivity contribution in [1.29, 1.82) is 0 Å². The van der Waals surface area contributed by atoms with Gasteiger partial charge in [-0.1, -0.05) is 102 Å². The molecule has 0 aliphatic rings. The maximum atomic E-state index is 10.0. The van der Waals surface area contributed by atoms with Crippen molar-refractivity contribution in [3.05, 3.63) is 24.3 Å². The molecule has 0 rings (SSSR count). The van der Waals surface area contributed by atoms with Gasteiger partial charge in [-0.05, 0) is 25.7 Å². The summed E-state index contributed by atoms with van der Waals surface area (Å²) in [6.45, 7) is 4.42. The van der Waals surface area contributed by atoms with Crippen LogP contribution in [-0.4, -0.2) is 11.9 Å². The van der Waals surface area contributed by atoms with Crippen LogP contribution in [0.15, 0.2) is 24.3 Å². The number of aliphatic carboxylic acids is 2. The van der Waals surface area contributed by atoms with Gasteiger partial charge in [-0.25, -0.2) is 0 Å². The largest absolute Gasteiger partial charge is 2.00 e. The minimum atomic E-state index is -0.996. The van der Waals surface area contributed by atoms with Crippen molar-refractivity contribution in [1.82, 2.24) is 0 Å². The molecule has 0 aromatic heterocycles. The van der Waals surface area contributed by atoms with Gasteiger partial charge in [-0.15, -0.1) is 0 Å². The van der Waals surface area contributed by atoms with Gasteiger partial charge in [0.05, 0.1) is 0 Å². The molecule has 0 N–H and O–H groups in total. The molecular formula is C24H42O4Zn. The molecule has 164 valence electrons. The molecule has 0 aliphatic heterocycles. The average Bonchev–Trinajstić information content (AvgIpc) is 2.65. The summed E-state index contributed by atoms with van der Waals surface area (Å²) in [5, 5.41) is 20.1. The molecule has 0 saturated heterocycles. The van der Waals surface area contributed by atoms with Crippen molar-refractivity contribution in [3.63, 3.8) is 0 Å². The summed E-state index contributed by atoms with van der Waals surface area (Å²) in [5.41, 5.74) is 0. The number of hydrogen-bond acceptors (Lipinski definition) is 4. The minimum Gasteiger partial charge on any atom is -0.550 e. The molecule has 0 radical (unpaired) electrons. The van der Waals surface area contributed by atoms with Crippen LogP contribution in [0, 0.1) is 0 Å². The van der Waals surface area contributed by atoms with E-state index in [1.165, 1.54) is 77.0 Å². The van der Waals surface area contributed by atoms with E-state index in [1.807, 2.05) is 12.2 Å². The van der Waals surface area contributed by atoms with Gasteiger partial charge < -0.3 is 19.8 Å². The minimum absolute atomic E-state index is 0. The Balaban J connectivity index is -0.000000451. The molecule has 0 saturated carbocycles. The number of carbonyl (C=O) groups excluding carboxylic acids is 2. The quantitative estimate of drug-likeness (QED) is 0.166. The molecule has 0 aromatic carbocycles. The van der Waals surface area contributed by atoms with Gasteiger partial charge in [0.25, 0.3) is 0 Å². The van der Waals surface area contributed by atoms with Crippen molar-refractivity contribution in [2.45, 2.75) is 117 Å². The van der Waals surface area contributed by atoms with Gasteiger partial charge in [0.15, 0.2) is 0 Å². The monoisotopic (exact) mass is 458 g/mol. The molecule has 0 aliphatic carbocycles. The third-order valence-corrected chi connectivity index (χ3v) is 4.35. The molecule has 0 aromatic rings. The fraction of sp³-hybridized carbons (Fsp3) is 0.750. The third kappa shape index (κ3) is 38.3. The zero-order chi connectivity index (χ0) is 21.3. The van der Waals surface area contributed by atoms with Crippen LogP contribution in [0.4, 0.5) is 0 Å². The predicted molar refractivity (Wildman–Crippen MR) is 114 cm³/mol. The first-order valence-corrected chi connectivity index (χ1v) is 11.2. The Hall–Kier alpha value is -0.957. The molecule has 0 fully saturated rings. The van der Waals surface area contributed by atoms with Crippen LogP contribution in [-0.2, 0) is 29.1 Å². The van der Waals surface area contributed by atoms with Crippen LogP contribution in [0.2, 0.25) is 0 Å². The van der Waals surface area contributed by atoms with E-state index in [0.717, 1.165) is 12.8 Å². The summed E-state index contributed by atoms with van der Waals surface area (Å²) in [6, 6.07) is 0. The Morgan fingerprint density at radius 1 is 0.552 bits per heavy atom. The zero-order valence-electron chi connectivity index (χ0n) is 19.0. The van der Waals surface area contributed by atoms with Crippen LogP contribution in [0.5, 0.6) is 0 Å². The fourth-order valence-electron chi connectivity index (χ4n) is 2.68. The summed E-state index contributed by atoms with van der Waals surface area (Å²) in [7, 11) is 0. The topological polar surface area (TPSA) is 80.3 Å². The van der Waals surface area contributed by atoms with Gasteiger partial charge >= 0.3 is 19.5 Å². The molecule has 0 bridgehead atoms. The second-order valence-corrected chi connectivity index (χ2v) is 7.21. The van der Waals surface area contributed by atoms with Crippen LogP contribution in [0.3, 0.4) is 0 Å². The van der Waals surface area contributed by atoms with Crippen molar-refractivity contribution < 1.29 is 39.3 Å². The molecule has 4 nitrogen and oxygen atoms in total. The predicted octanol–water partition coefficient (Wildman–Crippen LogP) is 4.86. The zero-order valence-corrected chi connectivity index (χ0v) is 21.9. The smallest absolute Gasteiger partial charge is 0.550 e. The van der Waals surface area contributed by atoms with Crippen LogP contribution in [0.25, 0.3) is 0 Å². The van der Waals surface area contributed by atoms with E-state index in [9.17, 15) is 19.8 Å². The Kier molecular flexibility index (Phi) is 33.0. The Morgan fingerprint density at radius 2 is 0.862 bits per heavy atom. The average molecular weight is 460 g/mol. The van der Waals surface area contributed by atoms with Crippen molar-refractivity contribution in [3.8, 4) is 0 Å². The fourth-order valence-corrected chi connectivity index (χ4v) is 2.68. The molecule has 0 amide bonds. The van der Waals surface area contributed by atoms with Gasteiger partial charge in [-0.2, -0.15) is 0 Å². The Morgan fingerprint density at radius 3 is 1.17 bits per heavy atom. The first-order valence-electron chi connectivity index (χ1n) is 11.2. The SMILES string of the molecule is CCCCCCCCC=CCC(=O)[O-].CCCCCCCCC=CCC(=O)[O-].[Zn+2]. The molecule has 0 unspecified atom stereocenters. The first-order chi connectivity index (χ1) is 13.5. The molecule has 0 atom stereocenters.